The van der Waals surface area contributed by atoms with Gasteiger partial charge < -0.3 is 14.6 Å². The first-order chi connectivity index (χ1) is 15.9. The molecule has 5 nitrogen and oxygen atoms in total. The highest BCUT2D eigenvalue weighted by atomic mass is 35.5. The van der Waals surface area contributed by atoms with Crippen molar-refractivity contribution in [3.8, 4) is 5.75 Å². The first-order valence-electron chi connectivity index (χ1n) is 11.1. The summed E-state index contributed by atoms with van der Waals surface area (Å²) < 4.78 is 8.17. The van der Waals surface area contributed by atoms with Gasteiger partial charge in [-0.15, -0.1) is 0 Å². The summed E-state index contributed by atoms with van der Waals surface area (Å²) in [5.41, 5.74) is 4.89. The smallest absolute Gasteiger partial charge is 0.224 e. The highest BCUT2D eigenvalue weighted by Gasteiger charge is 2.18. The third-order valence-electron chi connectivity index (χ3n) is 5.65. The van der Waals surface area contributed by atoms with Crippen LogP contribution in [0.25, 0.3) is 11.0 Å². The zero-order valence-corrected chi connectivity index (χ0v) is 19.9. The van der Waals surface area contributed by atoms with Crippen molar-refractivity contribution >= 4 is 28.5 Å². The highest BCUT2D eigenvalue weighted by molar-refractivity contribution is 6.32. The Morgan fingerprint density at radius 2 is 1.73 bits per heavy atom. The largest absolute Gasteiger partial charge is 0.492 e. The van der Waals surface area contributed by atoms with Gasteiger partial charge in [0.2, 0.25) is 5.91 Å². The predicted octanol–water partition coefficient (Wildman–Crippen LogP) is 5.81. The molecule has 0 aliphatic rings. The minimum absolute atomic E-state index is 0.0318. The molecule has 0 fully saturated rings. The summed E-state index contributed by atoms with van der Waals surface area (Å²) in [6, 6.07) is 21.4. The maximum Gasteiger partial charge on any atom is 0.224 e. The standard InChI is InChI=1S/C27H28ClN3O2/c1-18-15-22(16-19(2)26(18)28)33-14-13-31-24-12-8-7-11-23(24)30-27(31)20(3)29-25(32)17-21-9-5-4-6-10-21/h4-12,15-16,20H,13-14,17H2,1-3H3,(H,29,32). The van der Waals surface area contributed by atoms with Crippen LogP contribution in [-0.2, 0) is 17.8 Å². The average Bonchev–Trinajstić information content (AvgIpc) is 3.17. The number of nitrogens with zero attached hydrogens (tertiary/aromatic N) is 2. The summed E-state index contributed by atoms with van der Waals surface area (Å²) in [5, 5.41) is 3.87. The van der Waals surface area contributed by atoms with Crippen LogP contribution in [0.5, 0.6) is 5.75 Å². The van der Waals surface area contributed by atoms with Gasteiger partial charge in [0.25, 0.3) is 0 Å². The number of carbonyl (C=O) groups is 1. The Balaban J connectivity index is 1.50. The first-order valence-corrected chi connectivity index (χ1v) is 11.5. The number of halogens is 1. The quantitative estimate of drug-likeness (QED) is 0.360. The second-order valence-electron chi connectivity index (χ2n) is 8.28. The number of benzene rings is 3. The van der Waals surface area contributed by atoms with Gasteiger partial charge in [-0.05, 0) is 61.7 Å². The van der Waals surface area contributed by atoms with E-state index in [2.05, 4.69) is 9.88 Å². The molecule has 4 aromatic rings. The number of hydrogen-bond donors (Lipinski definition) is 1. The number of aryl methyl sites for hydroxylation is 2. The Hall–Kier alpha value is -3.31. The van der Waals surface area contributed by atoms with E-state index < -0.39 is 0 Å². The molecule has 1 atom stereocenters. The van der Waals surface area contributed by atoms with Crippen LogP contribution in [0, 0.1) is 13.8 Å². The van der Waals surface area contributed by atoms with E-state index in [1.54, 1.807) is 0 Å². The van der Waals surface area contributed by atoms with Crippen LogP contribution in [0.3, 0.4) is 0 Å². The molecule has 0 bridgehead atoms. The molecule has 1 N–H and O–H groups in total. The van der Waals surface area contributed by atoms with Crippen molar-refractivity contribution in [2.24, 2.45) is 0 Å². The van der Waals surface area contributed by atoms with Crippen LogP contribution in [0.15, 0.2) is 66.7 Å². The SMILES string of the molecule is Cc1cc(OCCn2c(C(C)NC(=O)Cc3ccccc3)nc3ccccc32)cc(C)c1Cl. The van der Waals surface area contributed by atoms with E-state index in [4.69, 9.17) is 21.3 Å². The molecule has 1 aromatic heterocycles. The summed E-state index contributed by atoms with van der Waals surface area (Å²) >= 11 is 6.28. The van der Waals surface area contributed by atoms with E-state index in [-0.39, 0.29) is 11.9 Å². The fraction of sp³-hybridized carbons (Fsp3) is 0.259. The topological polar surface area (TPSA) is 56.1 Å². The molecule has 0 spiro atoms. The number of rotatable bonds is 8. The van der Waals surface area contributed by atoms with Crippen molar-refractivity contribution in [3.63, 3.8) is 0 Å². The summed E-state index contributed by atoms with van der Waals surface area (Å²) in [6.45, 7) is 6.99. The van der Waals surface area contributed by atoms with Crippen LogP contribution in [-0.4, -0.2) is 22.1 Å². The van der Waals surface area contributed by atoms with Crippen molar-refractivity contribution in [1.29, 1.82) is 0 Å². The van der Waals surface area contributed by atoms with E-state index in [0.717, 1.165) is 44.3 Å². The number of carbonyl (C=O) groups excluding carboxylic acids is 1. The van der Waals surface area contributed by atoms with Crippen LogP contribution in [0.4, 0.5) is 0 Å². The first kappa shape index (κ1) is 22.9. The molecule has 0 saturated carbocycles. The molecule has 4 rings (SSSR count). The van der Waals surface area contributed by atoms with E-state index in [0.29, 0.717) is 19.6 Å². The predicted molar refractivity (Wildman–Crippen MR) is 133 cm³/mol. The molecular formula is C27H28ClN3O2. The molecule has 3 aromatic carbocycles. The highest BCUT2D eigenvalue weighted by Crippen LogP contribution is 2.26. The van der Waals surface area contributed by atoms with Gasteiger partial charge in [0.1, 0.15) is 18.2 Å². The molecule has 170 valence electrons. The van der Waals surface area contributed by atoms with E-state index in [9.17, 15) is 4.79 Å². The fourth-order valence-electron chi connectivity index (χ4n) is 4.04. The number of nitrogens with one attached hydrogen (secondary N) is 1. The van der Waals surface area contributed by atoms with Crippen LogP contribution in [0.1, 0.15) is 35.5 Å². The zero-order chi connectivity index (χ0) is 23.4. The number of fused-ring (bicyclic) bond motifs is 1. The van der Waals surface area contributed by atoms with Crippen molar-refractivity contribution < 1.29 is 9.53 Å². The lowest BCUT2D eigenvalue weighted by Crippen LogP contribution is -2.30. The van der Waals surface area contributed by atoms with E-state index in [1.807, 2.05) is 87.5 Å². The second-order valence-corrected chi connectivity index (χ2v) is 8.66. The number of ether oxygens (including phenoxy) is 1. The van der Waals surface area contributed by atoms with Gasteiger partial charge in [-0.2, -0.15) is 0 Å². The molecule has 1 heterocycles. The van der Waals surface area contributed by atoms with Crippen molar-refractivity contribution in [3.05, 3.63) is 94.3 Å². The molecule has 0 saturated heterocycles. The molecule has 1 unspecified atom stereocenters. The van der Waals surface area contributed by atoms with Gasteiger partial charge in [-0.25, -0.2) is 4.98 Å². The van der Waals surface area contributed by atoms with E-state index in [1.165, 1.54) is 0 Å². The van der Waals surface area contributed by atoms with Crippen LogP contribution >= 0.6 is 11.6 Å². The Bertz CT molecular complexity index is 1240. The average molecular weight is 462 g/mol. The molecule has 0 aliphatic heterocycles. The third-order valence-corrected chi connectivity index (χ3v) is 6.25. The van der Waals surface area contributed by atoms with Crippen molar-refractivity contribution in [2.75, 3.05) is 6.61 Å². The fourth-order valence-corrected chi connectivity index (χ4v) is 4.15. The third kappa shape index (κ3) is 5.37. The molecule has 0 radical (unpaired) electrons. The number of imidazole rings is 1. The second kappa shape index (κ2) is 10.1. The number of amides is 1. The maximum atomic E-state index is 12.6. The Labute approximate surface area is 199 Å². The minimum Gasteiger partial charge on any atom is -0.492 e. The van der Waals surface area contributed by atoms with Gasteiger partial charge in [0.15, 0.2) is 0 Å². The molecular weight excluding hydrogens is 434 g/mol. The van der Waals surface area contributed by atoms with Gasteiger partial charge in [0.05, 0.1) is 30.0 Å². The van der Waals surface area contributed by atoms with E-state index >= 15 is 0 Å². The zero-order valence-electron chi connectivity index (χ0n) is 19.1. The van der Waals surface area contributed by atoms with Crippen molar-refractivity contribution in [2.45, 2.75) is 39.8 Å². The molecule has 0 aliphatic carbocycles. The van der Waals surface area contributed by atoms with Gasteiger partial charge >= 0.3 is 0 Å². The number of aromatic nitrogens is 2. The maximum absolute atomic E-state index is 12.6. The summed E-state index contributed by atoms with van der Waals surface area (Å²) in [5.74, 6) is 1.57. The lowest BCUT2D eigenvalue weighted by atomic mass is 10.1. The number of para-hydroxylation sites is 2. The monoisotopic (exact) mass is 461 g/mol. The number of hydrogen-bond acceptors (Lipinski definition) is 3. The Kier molecular flexibility index (Phi) is 6.99. The molecule has 33 heavy (non-hydrogen) atoms. The van der Waals surface area contributed by atoms with Crippen LogP contribution < -0.4 is 10.1 Å². The lowest BCUT2D eigenvalue weighted by molar-refractivity contribution is -0.121. The Morgan fingerprint density at radius 3 is 2.45 bits per heavy atom. The molecule has 6 heteroatoms. The Morgan fingerprint density at radius 1 is 1.06 bits per heavy atom. The summed E-state index contributed by atoms with van der Waals surface area (Å²) in [7, 11) is 0. The minimum atomic E-state index is -0.242. The van der Waals surface area contributed by atoms with Gasteiger partial charge in [-0.1, -0.05) is 54.1 Å². The summed E-state index contributed by atoms with van der Waals surface area (Å²) in [4.78, 5) is 17.4. The van der Waals surface area contributed by atoms with Crippen molar-refractivity contribution in [1.82, 2.24) is 14.9 Å². The van der Waals surface area contributed by atoms with Gasteiger partial charge in [-0.3, -0.25) is 4.79 Å². The summed E-state index contributed by atoms with van der Waals surface area (Å²) in [6.07, 6.45) is 0.337. The molecule has 1 amide bonds. The lowest BCUT2D eigenvalue weighted by Gasteiger charge is -2.17. The normalized spacial score (nSPS) is 12.0. The van der Waals surface area contributed by atoms with Gasteiger partial charge in [0, 0.05) is 5.02 Å². The van der Waals surface area contributed by atoms with Crippen LogP contribution in [0.2, 0.25) is 5.02 Å².